The zero-order valence-corrected chi connectivity index (χ0v) is 23.0. The second-order valence-electron chi connectivity index (χ2n) is 9.79. The van der Waals surface area contributed by atoms with Gasteiger partial charge < -0.3 is 13.9 Å². The van der Waals surface area contributed by atoms with Crippen molar-refractivity contribution < 1.29 is 27.9 Å². The van der Waals surface area contributed by atoms with Gasteiger partial charge in [0.05, 0.1) is 29.3 Å². The molecule has 2 aromatic heterocycles. The number of halogens is 1. The van der Waals surface area contributed by atoms with Crippen molar-refractivity contribution in [1.82, 2.24) is 4.98 Å². The lowest BCUT2D eigenvalue weighted by atomic mass is 9.98. The number of aromatic nitrogens is 1. The molecule has 0 N–H and O–H groups in total. The standard InChI is InChI=1S/C30H27FN2O6S/c1-5-12-38-29(36)27-17(4)32-30(40-27)33-24(18-7-6-8-20(14-18)37-13-11-16(2)3)23-25(34)21-15-19(31)9-10-22(21)39-26(23)28(33)35/h5-10,14-16,24H,1,11-13H2,2-4H3. The number of esters is 1. The molecule has 1 atom stereocenters. The number of benzene rings is 2. The highest BCUT2D eigenvalue weighted by atomic mass is 32.1. The second-order valence-corrected chi connectivity index (χ2v) is 10.8. The number of fused-ring (bicyclic) bond motifs is 2. The van der Waals surface area contributed by atoms with Crippen LogP contribution in [0.5, 0.6) is 5.75 Å². The van der Waals surface area contributed by atoms with E-state index in [0.717, 1.165) is 29.9 Å². The van der Waals surface area contributed by atoms with Crippen molar-refractivity contribution >= 4 is 39.3 Å². The first-order valence-electron chi connectivity index (χ1n) is 12.8. The molecule has 0 spiro atoms. The van der Waals surface area contributed by atoms with E-state index in [1.165, 1.54) is 17.0 Å². The lowest BCUT2D eigenvalue weighted by molar-refractivity contribution is 0.0554. The smallest absolute Gasteiger partial charge is 0.350 e. The Morgan fingerprint density at radius 2 is 2.05 bits per heavy atom. The summed E-state index contributed by atoms with van der Waals surface area (Å²) in [5, 5.41) is 0.206. The van der Waals surface area contributed by atoms with Crippen LogP contribution in [0.4, 0.5) is 9.52 Å². The van der Waals surface area contributed by atoms with Crippen molar-refractivity contribution in [3.8, 4) is 5.75 Å². The molecular formula is C30H27FN2O6S. The Kier molecular flexibility index (Phi) is 7.53. The van der Waals surface area contributed by atoms with E-state index in [4.69, 9.17) is 13.9 Å². The van der Waals surface area contributed by atoms with Gasteiger partial charge in [0.15, 0.2) is 10.6 Å². The Morgan fingerprint density at radius 1 is 1.25 bits per heavy atom. The quantitative estimate of drug-likeness (QED) is 0.177. The summed E-state index contributed by atoms with van der Waals surface area (Å²) >= 11 is 0.972. The maximum absolute atomic E-state index is 14.1. The molecule has 3 heterocycles. The van der Waals surface area contributed by atoms with Gasteiger partial charge in [0, 0.05) is 0 Å². The topological polar surface area (TPSA) is 98.9 Å². The second kappa shape index (κ2) is 11.1. The van der Waals surface area contributed by atoms with Crippen LogP contribution in [0.3, 0.4) is 0 Å². The molecule has 0 saturated heterocycles. The average Bonchev–Trinajstić information content (AvgIpc) is 3.45. The number of carbonyl (C=O) groups is 2. The summed E-state index contributed by atoms with van der Waals surface area (Å²) in [6.07, 6.45) is 2.30. The number of nitrogens with zero attached hydrogens (tertiary/aromatic N) is 2. The Labute approximate surface area is 233 Å². The molecule has 0 aliphatic carbocycles. The molecule has 1 aliphatic heterocycles. The van der Waals surface area contributed by atoms with Gasteiger partial charge in [0.2, 0.25) is 5.76 Å². The van der Waals surface area contributed by atoms with Crippen LogP contribution in [0.2, 0.25) is 0 Å². The van der Waals surface area contributed by atoms with Crippen molar-refractivity contribution in [1.29, 1.82) is 0 Å². The van der Waals surface area contributed by atoms with Gasteiger partial charge in [-0.15, -0.1) is 0 Å². The van der Waals surface area contributed by atoms with E-state index in [9.17, 15) is 18.8 Å². The highest BCUT2D eigenvalue weighted by Crippen LogP contribution is 2.43. The summed E-state index contributed by atoms with van der Waals surface area (Å²) in [5.41, 5.74) is 0.566. The molecule has 206 valence electrons. The fourth-order valence-electron chi connectivity index (χ4n) is 4.52. The number of aryl methyl sites for hydroxylation is 1. The van der Waals surface area contributed by atoms with E-state index in [1.807, 2.05) is 0 Å². The fourth-order valence-corrected chi connectivity index (χ4v) is 5.51. The predicted molar refractivity (Wildman–Crippen MR) is 150 cm³/mol. The third-order valence-corrected chi connectivity index (χ3v) is 7.62. The van der Waals surface area contributed by atoms with Gasteiger partial charge in [0.1, 0.15) is 28.6 Å². The van der Waals surface area contributed by atoms with E-state index in [-0.39, 0.29) is 38.9 Å². The largest absolute Gasteiger partial charge is 0.494 e. The zero-order valence-electron chi connectivity index (χ0n) is 22.2. The maximum Gasteiger partial charge on any atom is 0.350 e. The number of hydrogen-bond donors (Lipinski definition) is 0. The average molecular weight is 563 g/mol. The molecule has 5 rings (SSSR count). The first-order valence-corrected chi connectivity index (χ1v) is 13.6. The van der Waals surface area contributed by atoms with Gasteiger partial charge in [-0.1, -0.05) is 50.0 Å². The number of carbonyl (C=O) groups excluding carboxylic acids is 2. The molecule has 0 radical (unpaired) electrons. The van der Waals surface area contributed by atoms with Crippen LogP contribution in [0.1, 0.15) is 63.4 Å². The number of amides is 1. The Morgan fingerprint density at radius 3 is 2.80 bits per heavy atom. The normalized spacial score (nSPS) is 14.6. The lowest BCUT2D eigenvalue weighted by Crippen LogP contribution is -2.29. The minimum absolute atomic E-state index is 0.0201. The first-order chi connectivity index (χ1) is 19.2. The molecule has 1 amide bonds. The third kappa shape index (κ3) is 5.02. The summed E-state index contributed by atoms with van der Waals surface area (Å²) in [6.45, 7) is 9.90. The monoisotopic (exact) mass is 562 g/mol. The summed E-state index contributed by atoms with van der Waals surface area (Å²) in [4.78, 5) is 46.3. The third-order valence-electron chi connectivity index (χ3n) is 6.48. The molecule has 0 fully saturated rings. The molecule has 8 nitrogen and oxygen atoms in total. The molecular weight excluding hydrogens is 535 g/mol. The Hall–Kier alpha value is -4.31. The molecule has 40 heavy (non-hydrogen) atoms. The van der Waals surface area contributed by atoms with E-state index in [0.29, 0.717) is 29.5 Å². The van der Waals surface area contributed by atoms with Gasteiger partial charge in [0.25, 0.3) is 5.91 Å². The van der Waals surface area contributed by atoms with E-state index in [2.05, 4.69) is 25.4 Å². The van der Waals surface area contributed by atoms with Gasteiger partial charge in [-0.25, -0.2) is 14.2 Å². The predicted octanol–water partition coefficient (Wildman–Crippen LogP) is 6.21. The summed E-state index contributed by atoms with van der Waals surface area (Å²) in [6, 6.07) is 9.72. The SMILES string of the molecule is C=CCOC(=O)c1sc(N2C(=O)c3oc4ccc(F)cc4c(=O)c3C2c2cccc(OCCC(C)C)c2)nc1C. The van der Waals surface area contributed by atoms with Crippen LogP contribution >= 0.6 is 11.3 Å². The molecule has 0 saturated carbocycles. The molecule has 1 aliphatic rings. The summed E-state index contributed by atoms with van der Waals surface area (Å²) < 4.78 is 31.1. The fraction of sp³-hybridized carbons (Fsp3) is 0.267. The maximum atomic E-state index is 14.1. The van der Waals surface area contributed by atoms with E-state index >= 15 is 0 Å². The van der Waals surface area contributed by atoms with E-state index < -0.39 is 29.2 Å². The Bertz CT molecular complexity index is 1690. The Balaban J connectivity index is 1.66. The molecule has 2 aromatic carbocycles. The van der Waals surface area contributed by atoms with Crippen molar-refractivity contribution in [2.75, 3.05) is 18.1 Å². The van der Waals surface area contributed by atoms with E-state index in [1.54, 1.807) is 31.2 Å². The van der Waals surface area contributed by atoms with Gasteiger partial charge in [-0.3, -0.25) is 14.5 Å². The van der Waals surface area contributed by atoms with Gasteiger partial charge >= 0.3 is 5.97 Å². The summed E-state index contributed by atoms with van der Waals surface area (Å²) in [5.74, 6) is -0.941. The van der Waals surface area contributed by atoms with Crippen LogP contribution in [0.15, 0.2) is 64.3 Å². The molecule has 10 heteroatoms. The van der Waals surface area contributed by atoms with Crippen LogP contribution < -0.4 is 15.1 Å². The molecule has 0 bridgehead atoms. The number of rotatable bonds is 9. The highest BCUT2D eigenvalue weighted by molar-refractivity contribution is 7.17. The van der Waals surface area contributed by atoms with Crippen molar-refractivity contribution in [2.24, 2.45) is 5.92 Å². The van der Waals surface area contributed by atoms with Crippen LogP contribution in [-0.2, 0) is 4.74 Å². The number of hydrogen-bond acceptors (Lipinski definition) is 8. The van der Waals surface area contributed by atoms with Crippen LogP contribution in [-0.4, -0.2) is 30.1 Å². The zero-order chi connectivity index (χ0) is 28.6. The van der Waals surface area contributed by atoms with Gasteiger partial charge in [-0.2, -0.15) is 0 Å². The molecule has 1 unspecified atom stereocenters. The van der Waals surface area contributed by atoms with Crippen molar-refractivity contribution in [2.45, 2.75) is 33.2 Å². The molecule has 4 aromatic rings. The van der Waals surface area contributed by atoms with Crippen LogP contribution in [0.25, 0.3) is 11.0 Å². The van der Waals surface area contributed by atoms with Crippen molar-refractivity contribution in [3.05, 3.63) is 98.6 Å². The van der Waals surface area contributed by atoms with Crippen LogP contribution in [0, 0.1) is 18.7 Å². The number of thiazole rings is 1. The minimum atomic E-state index is -0.956. The first kappa shape index (κ1) is 27.3. The minimum Gasteiger partial charge on any atom is -0.494 e. The lowest BCUT2D eigenvalue weighted by Gasteiger charge is -2.23. The van der Waals surface area contributed by atoms with Gasteiger partial charge in [-0.05, 0) is 55.2 Å². The number of anilines is 1. The highest BCUT2D eigenvalue weighted by Gasteiger charge is 2.45. The van der Waals surface area contributed by atoms with Crippen molar-refractivity contribution in [3.63, 3.8) is 0 Å². The summed E-state index contributed by atoms with van der Waals surface area (Å²) in [7, 11) is 0. The number of ether oxygens (including phenoxy) is 2.